The van der Waals surface area contributed by atoms with E-state index < -0.39 is 5.24 Å². The number of carbonyl (C=O) groups excluding carboxylic acids is 1. The Balaban J connectivity index is 2.09. The van der Waals surface area contributed by atoms with Crippen molar-refractivity contribution in [3.05, 3.63) is 29.3 Å². The Kier molecular flexibility index (Phi) is 3.69. The van der Waals surface area contributed by atoms with Crippen molar-refractivity contribution in [2.45, 2.75) is 19.4 Å². The maximum Gasteiger partial charge on any atom is 0.252 e. The molecule has 0 bridgehead atoms. The molecule has 4 heteroatoms. The lowest BCUT2D eigenvalue weighted by Gasteiger charge is -2.15. The maximum absolute atomic E-state index is 11.0. The van der Waals surface area contributed by atoms with Gasteiger partial charge in [0.25, 0.3) is 5.24 Å². The maximum atomic E-state index is 11.0. The molecule has 1 saturated heterocycles. The molecule has 0 aliphatic carbocycles. The second-order valence-corrected chi connectivity index (χ2v) is 4.89. The molecule has 1 heterocycles. The highest BCUT2D eigenvalue weighted by Gasteiger charge is 2.21. The molecular formula is C13H16ClNO2. The van der Waals surface area contributed by atoms with Gasteiger partial charge in [0.2, 0.25) is 0 Å². The number of rotatable bonds is 3. The van der Waals surface area contributed by atoms with Crippen molar-refractivity contribution in [2.75, 3.05) is 20.1 Å². The molecule has 0 spiro atoms. The van der Waals surface area contributed by atoms with Crippen molar-refractivity contribution < 1.29 is 9.53 Å². The molecule has 0 N–H and O–H groups in total. The van der Waals surface area contributed by atoms with Crippen LogP contribution < -0.4 is 4.74 Å². The molecule has 0 aromatic heterocycles. The number of nitrogens with zero attached hydrogens (tertiary/aromatic N) is 1. The van der Waals surface area contributed by atoms with Gasteiger partial charge < -0.3 is 9.64 Å². The van der Waals surface area contributed by atoms with Crippen LogP contribution in [0.2, 0.25) is 0 Å². The standard InChI is InChI=1S/C13H16ClNO2/c1-9-7-10(13(14)16)3-4-12(9)17-11-5-6-15(2)8-11/h3-4,7,11H,5-6,8H2,1-2H3. The second-order valence-electron chi connectivity index (χ2n) is 4.54. The van der Waals surface area contributed by atoms with Crippen LogP contribution in [0.5, 0.6) is 5.75 Å². The van der Waals surface area contributed by atoms with E-state index in [2.05, 4.69) is 11.9 Å². The summed E-state index contributed by atoms with van der Waals surface area (Å²) in [6.07, 6.45) is 1.29. The van der Waals surface area contributed by atoms with Crippen LogP contribution in [0.3, 0.4) is 0 Å². The molecule has 1 fully saturated rings. The number of hydrogen-bond acceptors (Lipinski definition) is 3. The number of hydrogen-bond donors (Lipinski definition) is 0. The lowest BCUT2D eigenvalue weighted by Crippen LogP contribution is -2.21. The van der Waals surface area contributed by atoms with Crippen LogP contribution in [0.15, 0.2) is 18.2 Å². The average Bonchev–Trinajstić information content (AvgIpc) is 2.67. The van der Waals surface area contributed by atoms with Gasteiger partial charge in [0.05, 0.1) is 0 Å². The summed E-state index contributed by atoms with van der Waals surface area (Å²) in [6.45, 7) is 3.95. The van der Waals surface area contributed by atoms with E-state index in [9.17, 15) is 4.79 Å². The van der Waals surface area contributed by atoms with Gasteiger partial charge in [0, 0.05) is 18.7 Å². The Morgan fingerprint density at radius 2 is 2.29 bits per heavy atom. The number of benzene rings is 1. The van der Waals surface area contributed by atoms with Crippen molar-refractivity contribution in [1.29, 1.82) is 0 Å². The van der Waals surface area contributed by atoms with Crippen LogP contribution >= 0.6 is 11.6 Å². The highest BCUT2D eigenvalue weighted by Crippen LogP contribution is 2.23. The lowest BCUT2D eigenvalue weighted by molar-refractivity contribution is 0.108. The van der Waals surface area contributed by atoms with Crippen LogP contribution in [0.1, 0.15) is 22.3 Å². The van der Waals surface area contributed by atoms with Crippen molar-refractivity contribution in [3.8, 4) is 5.75 Å². The van der Waals surface area contributed by atoms with Crippen molar-refractivity contribution >= 4 is 16.8 Å². The summed E-state index contributed by atoms with van der Waals surface area (Å²) in [5, 5.41) is -0.430. The van der Waals surface area contributed by atoms with Gasteiger partial charge in [-0.1, -0.05) is 0 Å². The third-order valence-electron chi connectivity index (χ3n) is 3.04. The Morgan fingerprint density at radius 1 is 1.53 bits per heavy atom. The first-order chi connectivity index (χ1) is 8.06. The minimum atomic E-state index is -0.430. The summed E-state index contributed by atoms with van der Waals surface area (Å²) in [7, 11) is 2.09. The van der Waals surface area contributed by atoms with E-state index in [-0.39, 0.29) is 6.10 Å². The number of aryl methyl sites for hydroxylation is 1. The van der Waals surface area contributed by atoms with E-state index in [1.54, 1.807) is 12.1 Å². The topological polar surface area (TPSA) is 29.5 Å². The Morgan fingerprint density at radius 3 is 2.82 bits per heavy atom. The van der Waals surface area contributed by atoms with E-state index in [1.165, 1.54) is 0 Å². The first-order valence-electron chi connectivity index (χ1n) is 5.72. The number of halogens is 1. The number of likely N-dealkylation sites (N-methyl/N-ethyl adjacent to an activating group) is 1. The molecular weight excluding hydrogens is 238 g/mol. The summed E-state index contributed by atoms with van der Waals surface area (Å²) in [5.41, 5.74) is 1.46. The highest BCUT2D eigenvalue weighted by molar-refractivity contribution is 6.67. The average molecular weight is 254 g/mol. The van der Waals surface area contributed by atoms with Gasteiger partial charge in [-0.25, -0.2) is 0 Å². The molecule has 17 heavy (non-hydrogen) atoms. The Hall–Kier alpha value is -1.06. The molecule has 3 nitrogen and oxygen atoms in total. The van der Waals surface area contributed by atoms with Gasteiger partial charge in [-0.15, -0.1) is 0 Å². The number of carbonyl (C=O) groups is 1. The fourth-order valence-corrected chi connectivity index (χ4v) is 2.19. The lowest BCUT2D eigenvalue weighted by atomic mass is 10.1. The molecule has 0 saturated carbocycles. The normalized spacial score (nSPS) is 20.5. The summed E-state index contributed by atoms with van der Waals surface area (Å²) in [5.74, 6) is 0.840. The highest BCUT2D eigenvalue weighted by atomic mass is 35.5. The summed E-state index contributed by atoms with van der Waals surface area (Å²) in [6, 6.07) is 5.29. The quantitative estimate of drug-likeness (QED) is 0.775. The van der Waals surface area contributed by atoms with Crippen molar-refractivity contribution in [1.82, 2.24) is 4.90 Å². The van der Waals surface area contributed by atoms with E-state index in [1.807, 2.05) is 13.0 Å². The van der Waals surface area contributed by atoms with Gasteiger partial charge in [-0.2, -0.15) is 0 Å². The van der Waals surface area contributed by atoms with Crippen molar-refractivity contribution in [2.24, 2.45) is 0 Å². The fourth-order valence-electron chi connectivity index (χ4n) is 2.07. The monoisotopic (exact) mass is 253 g/mol. The molecule has 1 aromatic rings. The van der Waals surface area contributed by atoms with E-state index in [0.717, 1.165) is 30.8 Å². The molecule has 1 atom stereocenters. The van der Waals surface area contributed by atoms with Crippen LogP contribution in [-0.4, -0.2) is 36.4 Å². The molecule has 2 rings (SSSR count). The molecule has 92 valence electrons. The number of ether oxygens (including phenoxy) is 1. The fraction of sp³-hybridized carbons (Fsp3) is 0.462. The third-order valence-corrected chi connectivity index (χ3v) is 3.26. The van der Waals surface area contributed by atoms with Gasteiger partial charge in [0.15, 0.2) is 0 Å². The first-order valence-corrected chi connectivity index (χ1v) is 6.10. The van der Waals surface area contributed by atoms with E-state index in [4.69, 9.17) is 16.3 Å². The van der Waals surface area contributed by atoms with Gasteiger partial charge in [-0.3, -0.25) is 4.79 Å². The van der Waals surface area contributed by atoms with Gasteiger partial charge >= 0.3 is 0 Å². The molecule has 1 unspecified atom stereocenters. The molecule has 0 amide bonds. The van der Waals surface area contributed by atoms with E-state index >= 15 is 0 Å². The minimum Gasteiger partial charge on any atom is -0.489 e. The van der Waals surface area contributed by atoms with Crippen molar-refractivity contribution in [3.63, 3.8) is 0 Å². The predicted octanol–water partition coefficient (Wildman–Crippen LogP) is 2.46. The van der Waals surface area contributed by atoms with Crippen LogP contribution in [0.4, 0.5) is 0 Å². The Labute approximate surface area is 106 Å². The summed E-state index contributed by atoms with van der Waals surface area (Å²) < 4.78 is 5.92. The van der Waals surface area contributed by atoms with E-state index in [0.29, 0.717) is 5.56 Å². The molecule has 0 radical (unpaired) electrons. The molecule has 1 aliphatic heterocycles. The zero-order valence-corrected chi connectivity index (χ0v) is 10.8. The zero-order chi connectivity index (χ0) is 12.4. The van der Waals surface area contributed by atoms with Gasteiger partial charge in [0.1, 0.15) is 11.9 Å². The smallest absolute Gasteiger partial charge is 0.252 e. The largest absolute Gasteiger partial charge is 0.489 e. The summed E-state index contributed by atoms with van der Waals surface area (Å²) in [4.78, 5) is 13.3. The second kappa shape index (κ2) is 5.07. The SMILES string of the molecule is Cc1cc(C(=O)Cl)ccc1OC1CCN(C)C1. The first kappa shape index (κ1) is 12.4. The van der Waals surface area contributed by atoms with Crippen LogP contribution in [-0.2, 0) is 0 Å². The number of likely N-dealkylation sites (tertiary alicyclic amines) is 1. The summed E-state index contributed by atoms with van der Waals surface area (Å²) >= 11 is 5.43. The minimum absolute atomic E-state index is 0.247. The third kappa shape index (κ3) is 2.99. The van der Waals surface area contributed by atoms with Gasteiger partial charge in [-0.05, 0) is 55.8 Å². The van der Waals surface area contributed by atoms with Crippen LogP contribution in [0, 0.1) is 6.92 Å². The predicted molar refractivity (Wildman–Crippen MR) is 67.9 cm³/mol. The molecule has 1 aliphatic rings. The molecule has 1 aromatic carbocycles. The Bertz CT molecular complexity index is 433. The zero-order valence-electron chi connectivity index (χ0n) is 10.1. The van der Waals surface area contributed by atoms with Crippen LogP contribution in [0.25, 0.3) is 0 Å².